The van der Waals surface area contributed by atoms with Gasteiger partial charge in [0.25, 0.3) is 0 Å². The topological polar surface area (TPSA) is 93.4 Å². The van der Waals surface area contributed by atoms with Crippen molar-refractivity contribution >= 4 is 21.6 Å². The van der Waals surface area contributed by atoms with Gasteiger partial charge in [0.1, 0.15) is 0 Å². The Labute approximate surface area is 139 Å². The number of hydrogen-bond donors (Lipinski definition) is 1. The third-order valence-electron chi connectivity index (χ3n) is 4.30. The monoisotopic (exact) mass is 347 g/mol. The second kappa shape index (κ2) is 5.90. The van der Waals surface area contributed by atoms with Gasteiger partial charge in [-0.05, 0) is 37.1 Å². The van der Waals surface area contributed by atoms with Crippen LogP contribution in [0.2, 0.25) is 0 Å². The summed E-state index contributed by atoms with van der Waals surface area (Å²) in [5.41, 5.74) is 1.29. The summed E-state index contributed by atoms with van der Waals surface area (Å²) in [6.07, 6.45) is 2.33. The number of aromatic nitrogens is 1. The summed E-state index contributed by atoms with van der Waals surface area (Å²) >= 11 is 0. The highest BCUT2D eigenvalue weighted by molar-refractivity contribution is 7.90. The normalized spacial score (nSPS) is 17.3. The Bertz CT molecular complexity index is 926. The molecule has 2 heterocycles. The molecule has 1 unspecified atom stereocenters. The Balaban J connectivity index is 2.02. The Kier molecular flexibility index (Phi) is 4.04. The van der Waals surface area contributed by atoms with Gasteiger partial charge in [-0.25, -0.2) is 8.42 Å². The van der Waals surface area contributed by atoms with E-state index in [1.54, 1.807) is 22.8 Å². The molecule has 0 spiro atoms. The molecule has 0 fully saturated rings. The maximum absolute atomic E-state index is 12.8. The van der Waals surface area contributed by atoms with Crippen LogP contribution < -0.4 is 0 Å². The lowest BCUT2D eigenvalue weighted by atomic mass is 9.96. The van der Waals surface area contributed by atoms with Crippen molar-refractivity contribution in [3.05, 3.63) is 53.3 Å². The van der Waals surface area contributed by atoms with Crippen molar-refractivity contribution in [1.29, 1.82) is 0 Å². The zero-order valence-electron chi connectivity index (χ0n) is 13.1. The van der Waals surface area contributed by atoms with E-state index in [9.17, 15) is 23.1 Å². The smallest absolute Gasteiger partial charge is 0.312 e. The van der Waals surface area contributed by atoms with E-state index < -0.39 is 21.7 Å². The molecule has 1 aliphatic heterocycles. The van der Waals surface area contributed by atoms with Gasteiger partial charge in [-0.3, -0.25) is 9.59 Å². The Morgan fingerprint density at radius 1 is 1.21 bits per heavy atom. The first-order valence-electron chi connectivity index (χ1n) is 7.56. The van der Waals surface area contributed by atoms with Crippen LogP contribution >= 0.6 is 0 Å². The molecular weight excluding hydrogens is 330 g/mol. The van der Waals surface area contributed by atoms with Crippen molar-refractivity contribution in [2.75, 3.05) is 6.26 Å². The second-order valence-electron chi connectivity index (χ2n) is 5.96. The largest absolute Gasteiger partial charge is 0.481 e. The van der Waals surface area contributed by atoms with Crippen molar-refractivity contribution in [1.82, 2.24) is 4.57 Å². The van der Waals surface area contributed by atoms with E-state index in [4.69, 9.17) is 0 Å². The number of rotatable bonds is 4. The van der Waals surface area contributed by atoms with Crippen LogP contribution in [0, 0.1) is 0 Å². The predicted molar refractivity (Wildman–Crippen MR) is 87.0 cm³/mol. The summed E-state index contributed by atoms with van der Waals surface area (Å²) in [4.78, 5) is 24.2. The summed E-state index contributed by atoms with van der Waals surface area (Å²) < 4.78 is 25.1. The minimum absolute atomic E-state index is 0.0854. The first-order valence-corrected chi connectivity index (χ1v) is 9.45. The molecule has 0 amide bonds. The number of benzene rings is 1. The number of sulfone groups is 1. The molecule has 0 saturated carbocycles. The first kappa shape index (κ1) is 16.4. The molecule has 6 nitrogen and oxygen atoms in total. The molecule has 126 valence electrons. The molecule has 7 heteroatoms. The number of carbonyl (C=O) groups is 2. The number of aliphatic carboxylic acids is 1. The number of nitrogens with zero attached hydrogens (tertiary/aromatic N) is 1. The Hall–Kier alpha value is -2.41. The summed E-state index contributed by atoms with van der Waals surface area (Å²) in [6.45, 7) is 0.582. The van der Waals surface area contributed by atoms with E-state index in [0.717, 1.165) is 6.26 Å². The molecule has 24 heavy (non-hydrogen) atoms. The highest BCUT2D eigenvalue weighted by atomic mass is 32.2. The van der Waals surface area contributed by atoms with Crippen LogP contribution in [-0.4, -0.2) is 36.1 Å². The van der Waals surface area contributed by atoms with Gasteiger partial charge in [0.15, 0.2) is 9.84 Å². The fourth-order valence-electron chi connectivity index (χ4n) is 3.10. The first-order chi connectivity index (χ1) is 11.3. The highest BCUT2D eigenvalue weighted by Gasteiger charge is 2.29. The van der Waals surface area contributed by atoms with Crippen molar-refractivity contribution in [3.63, 3.8) is 0 Å². The average Bonchev–Trinajstić information content (AvgIpc) is 2.97. The summed E-state index contributed by atoms with van der Waals surface area (Å²) in [6, 6.07) is 9.19. The van der Waals surface area contributed by atoms with Crippen molar-refractivity contribution in [2.45, 2.75) is 30.2 Å². The lowest BCUT2D eigenvalue weighted by molar-refractivity contribution is -0.139. The molecule has 2 aromatic rings. The Morgan fingerprint density at radius 2 is 1.96 bits per heavy atom. The SMILES string of the molecule is CS(=O)(=O)c1cccc(C(=O)c2ccc3n2CCCC3C(=O)O)c1. The fourth-order valence-corrected chi connectivity index (χ4v) is 3.77. The number of carboxylic acid groups (broad SMARTS) is 1. The van der Waals surface area contributed by atoms with E-state index in [-0.39, 0.29) is 16.2 Å². The molecule has 1 aromatic heterocycles. The summed E-state index contributed by atoms with van der Waals surface area (Å²) in [5, 5.41) is 9.31. The van der Waals surface area contributed by atoms with Crippen LogP contribution in [0.1, 0.15) is 40.5 Å². The van der Waals surface area contributed by atoms with Crippen LogP contribution in [0.15, 0.2) is 41.3 Å². The minimum Gasteiger partial charge on any atom is -0.481 e. The third kappa shape index (κ3) is 2.87. The number of hydrogen-bond acceptors (Lipinski definition) is 4. The van der Waals surface area contributed by atoms with Gasteiger partial charge in [-0.15, -0.1) is 0 Å². The van der Waals surface area contributed by atoms with E-state index in [1.807, 2.05) is 0 Å². The minimum atomic E-state index is -3.40. The molecule has 1 aliphatic rings. The third-order valence-corrected chi connectivity index (χ3v) is 5.41. The molecule has 3 rings (SSSR count). The van der Waals surface area contributed by atoms with E-state index in [2.05, 4.69) is 0 Å². The van der Waals surface area contributed by atoms with Gasteiger partial charge in [0.05, 0.1) is 16.5 Å². The van der Waals surface area contributed by atoms with Crippen molar-refractivity contribution in [3.8, 4) is 0 Å². The van der Waals surface area contributed by atoms with Crippen molar-refractivity contribution in [2.24, 2.45) is 0 Å². The zero-order chi connectivity index (χ0) is 17.5. The van der Waals surface area contributed by atoms with Crippen LogP contribution in [0.25, 0.3) is 0 Å². The number of ketones is 1. The number of carbonyl (C=O) groups excluding carboxylic acids is 1. The molecule has 0 aliphatic carbocycles. The quantitative estimate of drug-likeness (QED) is 0.855. The lowest BCUT2D eigenvalue weighted by Gasteiger charge is -2.23. The van der Waals surface area contributed by atoms with Crippen LogP contribution in [-0.2, 0) is 21.2 Å². The molecule has 1 atom stereocenters. The summed E-state index contributed by atoms with van der Waals surface area (Å²) in [5.74, 6) is -1.81. The molecule has 1 N–H and O–H groups in total. The van der Waals surface area contributed by atoms with E-state index >= 15 is 0 Å². The molecule has 1 aromatic carbocycles. The van der Waals surface area contributed by atoms with Crippen LogP contribution in [0.3, 0.4) is 0 Å². The van der Waals surface area contributed by atoms with Gasteiger partial charge < -0.3 is 9.67 Å². The summed E-state index contributed by atoms with van der Waals surface area (Å²) in [7, 11) is -3.40. The number of carboxylic acids is 1. The average molecular weight is 347 g/mol. The van der Waals surface area contributed by atoms with E-state index in [0.29, 0.717) is 30.8 Å². The highest BCUT2D eigenvalue weighted by Crippen LogP contribution is 2.30. The second-order valence-corrected chi connectivity index (χ2v) is 7.97. The van der Waals surface area contributed by atoms with Crippen molar-refractivity contribution < 1.29 is 23.1 Å². The fraction of sp³-hybridized carbons (Fsp3) is 0.294. The molecular formula is C17H17NO5S. The van der Waals surface area contributed by atoms with Gasteiger partial charge in [0, 0.05) is 24.1 Å². The zero-order valence-corrected chi connectivity index (χ0v) is 13.9. The van der Waals surface area contributed by atoms with Gasteiger partial charge in [-0.1, -0.05) is 12.1 Å². The van der Waals surface area contributed by atoms with Crippen LogP contribution in [0.4, 0.5) is 0 Å². The van der Waals surface area contributed by atoms with Gasteiger partial charge >= 0.3 is 5.97 Å². The Morgan fingerprint density at radius 3 is 2.62 bits per heavy atom. The maximum Gasteiger partial charge on any atom is 0.312 e. The standard InChI is InChI=1S/C17H17NO5S/c1-24(22,23)12-5-2-4-11(10-12)16(19)15-8-7-14-13(17(20)21)6-3-9-18(14)15/h2,4-5,7-8,10,13H,3,6,9H2,1H3,(H,20,21). The van der Waals surface area contributed by atoms with E-state index in [1.165, 1.54) is 18.2 Å². The number of fused-ring (bicyclic) bond motifs is 1. The molecule has 0 saturated heterocycles. The molecule has 0 bridgehead atoms. The molecule has 0 radical (unpaired) electrons. The van der Waals surface area contributed by atoms with Gasteiger partial charge in [-0.2, -0.15) is 0 Å². The lowest BCUT2D eigenvalue weighted by Crippen LogP contribution is -2.23. The maximum atomic E-state index is 12.8. The van der Waals surface area contributed by atoms with Crippen LogP contribution in [0.5, 0.6) is 0 Å². The predicted octanol–water partition coefficient (Wildman–Crippen LogP) is 2.08. The van der Waals surface area contributed by atoms with Gasteiger partial charge in [0.2, 0.25) is 5.78 Å².